The molecular formula is C20H21FN2O5. The minimum Gasteiger partial charge on any atom is -0.493 e. The molecule has 0 atom stereocenters. The average Bonchev–Trinajstić information content (AvgIpc) is 2.68. The van der Waals surface area contributed by atoms with E-state index in [1.807, 2.05) is 0 Å². The molecule has 148 valence electrons. The molecule has 2 aromatic carbocycles. The second kappa shape index (κ2) is 10.7. The quantitative estimate of drug-likeness (QED) is 0.405. The number of carbonyl (C=O) groups is 2. The van der Waals surface area contributed by atoms with Gasteiger partial charge in [-0.05, 0) is 48.4 Å². The Hall–Kier alpha value is -3.42. The van der Waals surface area contributed by atoms with Gasteiger partial charge >= 0.3 is 5.97 Å². The van der Waals surface area contributed by atoms with Gasteiger partial charge in [-0.15, -0.1) is 0 Å². The van der Waals surface area contributed by atoms with Gasteiger partial charge in [-0.2, -0.15) is 5.10 Å². The molecule has 0 aromatic heterocycles. The smallest absolute Gasteiger partial charge is 0.344 e. The van der Waals surface area contributed by atoms with Crippen LogP contribution in [-0.2, 0) is 20.7 Å². The van der Waals surface area contributed by atoms with E-state index in [4.69, 9.17) is 14.2 Å². The van der Waals surface area contributed by atoms with Gasteiger partial charge in [-0.1, -0.05) is 12.1 Å². The van der Waals surface area contributed by atoms with Gasteiger partial charge in [-0.25, -0.2) is 14.6 Å². The number of ether oxygens (including phenoxy) is 3. The Kier molecular flexibility index (Phi) is 7.95. The second-order valence-corrected chi connectivity index (χ2v) is 5.60. The third-order valence-electron chi connectivity index (χ3n) is 3.52. The van der Waals surface area contributed by atoms with Crippen molar-refractivity contribution in [2.24, 2.45) is 5.10 Å². The first-order valence-corrected chi connectivity index (χ1v) is 8.54. The monoisotopic (exact) mass is 388 g/mol. The van der Waals surface area contributed by atoms with Gasteiger partial charge in [0.15, 0.2) is 18.1 Å². The SMILES string of the molecule is CCOC(=O)COc1ccc(/C=N/NC(=O)Cc2ccc(F)cc2)cc1OC. The van der Waals surface area contributed by atoms with E-state index in [0.29, 0.717) is 22.6 Å². The van der Waals surface area contributed by atoms with Crippen LogP contribution in [-0.4, -0.2) is 38.4 Å². The lowest BCUT2D eigenvalue weighted by molar-refractivity contribution is -0.145. The number of halogens is 1. The van der Waals surface area contributed by atoms with Crippen molar-refractivity contribution in [3.05, 3.63) is 59.4 Å². The van der Waals surface area contributed by atoms with E-state index in [2.05, 4.69) is 10.5 Å². The lowest BCUT2D eigenvalue weighted by Crippen LogP contribution is -2.19. The molecule has 28 heavy (non-hydrogen) atoms. The number of esters is 1. The highest BCUT2D eigenvalue weighted by molar-refractivity contribution is 5.84. The number of benzene rings is 2. The Labute approximate surface area is 162 Å². The predicted octanol–water partition coefficient (Wildman–Crippen LogP) is 2.47. The fourth-order valence-electron chi connectivity index (χ4n) is 2.23. The van der Waals surface area contributed by atoms with E-state index >= 15 is 0 Å². The molecule has 0 aliphatic heterocycles. The minimum absolute atomic E-state index is 0.0849. The molecule has 0 unspecified atom stereocenters. The van der Waals surface area contributed by atoms with Crippen LogP contribution < -0.4 is 14.9 Å². The van der Waals surface area contributed by atoms with Crippen molar-refractivity contribution < 1.29 is 28.2 Å². The normalized spacial score (nSPS) is 10.5. The summed E-state index contributed by atoms with van der Waals surface area (Å²) in [4.78, 5) is 23.2. The molecule has 7 nitrogen and oxygen atoms in total. The largest absolute Gasteiger partial charge is 0.493 e. The first-order valence-electron chi connectivity index (χ1n) is 8.54. The molecule has 0 radical (unpaired) electrons. The molecule has 0 heterocycles. The van der Waals surface area contributed by atoms with E-state index in [1.165, 1.54) is 25.5 Å². The molecule has 0 fully saturated rings. The first kappa shape index (κ1) is 20.9. The van der Waals surface area contributed by atoms with Gasteiger partial charge in [0.25, 0.3) is 0 Å². The van der Waals surface area contributed by atoms with Crippen LogP contribution in [0.5, 0.6) is 11.5 Å². The maximum atomic E-state index is 12.9. The molecule has 0 saturated carbocycles. The van der Waals surface area contributed by atoms with Gasteiger partial charge in [0.2, 0.25) is 5.91 Å². The highest BCUT2D eigenvalue weighted by atomic mass is 19.1. The molecule has 0 saturated heterocycles. The van der Waals surface area contributed by atoms with Crippen molar-refractivity contribution in [2.45, 2.75) is 13.3 Å². The predicted molar refractivity (Wildman–Crippen MR) is 101 cm³/mol. The van der Waals surface area contributed by atoms with E-state index < -0.39 is 5.97 Å². The van der Waals surface area contributed by atoms with Gasteiger partial charge < -0.3 is 14.2 Å². The van der Waals surface area contributed by atoms with Crippen molar-refractivity contribution in [1.29, 1.82) is 0 Å². The highest BCUT2D eigenvalue weighted by Gasteiger charge is 2.09. The third-order valence-corrected chi connectivity index (χ3v) is 3.52. The number of hydrazone groups is 1. The topological polar surface area (TPSA) is 86.2 Å². The van der Waals surface area contributed by atoms with E-state index in [-0.39, 0.29) is 31.4 Å². The summed E-state index contributed by atoms with van der Waals surface area (Å²) < 4.78 is 28.3. The van der Waals surface area contributed by atoms with Crippen LogP contribution in [0.25, 0.3) is 0 Å². The molecule has 2 aromatic rings. The summed E-state index contributed by atoms with van der Waals surface area (Å²) in [6.07, 6.45) is 1.53. The molecule has 8 heteroatoms. The zero-order chi connectivity index (χ0) is 20.4. The Balaban J connectivity index is 1.91. The van der Waals surface area contributed by atoms with Crippen molar-refractivity contribution in [1.82, 2.24) is 5.43 Å². The maximum absolute atomic E-state index is 12.9. The number of nitrogens with zero attached hydrogens (tertiary/aromatic N) is 1. The summed E-state index contributed by atoms with van der Waals surface area (Å²) in [5, 5.41) is 3.89. The van der Waals surface area contributed by atoms with Crippen LogP contribution in [0.1, 0.15) is 18.1 Å². The van der Waals surface area contributed by atoms with Crippen LogP contribution in [0.15, 0.2) is 47.6 Å². The molecule has 0 aliphatic rings. The van der Waals surface area contributed by atoms with Crippen LogP contribution in [0.4, 0.5) is 4.39 Å². The van der Waals surface area contributed by atoms with Crippen molar-refractivity contribution >= 4 is 18.1 Å². The molecular weight excluding hydrogens is 367 g/mol. The molecule has 1 amide bonds. The van der Waals surface area contributed by atoms with Gasteiger partial charge in [0, 0.05) is 0 Å². The summed E-state index contributed by atoms with van der Waals surface area (Å²) in [6, 6.07) is 10.6. The van der Waals surface area contributed by atoms with Crippen molar-refractivity contribution in [2.75, 3.05) is 20.3 Å². The number of nitrogens with one attached hydrogen (secondary N) is 1. The van der Waals surface area contributed by atoms with Crippen LogP contribution in [0.3, 0.4) is 0 Å². The molecule has 0 aliphatic carbocycles. The summed E-state index contributed by atoms with van der Waals surface area (Å²) in [7, 11) is 1.47. The van der Waals surface area contributed by atoms with Crippen LogP contribution in [0, 0.1) is 5.82 Å². The Morgan fingerprint density at radius 1 is 1.14 bits per heavy atom. The number of carbonyl (C=O) groups excluding carboxylic acids is 2. The van der Waals surface area contributed by atoms with Crippen LogP contribution >= 0.6 is 0 Å². The number of methoxy groups -OCH3 is 1. The average molecular weight is 388 g/mol. The lowest BCUT2D eigenvalue weighted by Gasteiger charge is -2.10. The van der Waals surface area contributed by atoms with Gasteiger partial charge in [0.1, 0.15) is 5.82 Å². The Morgan fingerprint density at radius 3 is 2.57 bits per heavy atom. The fraction of sp³-hybridized carbons (Fsp3) is 0.250. The Bertz CT molecular complexity index is 837. The van der Waals surface area contributed by atoms with Crippen molar-refractivity contribution in [3.63, 3.8) is 0 Å². The number of hydrogen-bond donors (Lipinski definition) is 1. The van der Waals surface area contributed by atoms with Gasteiger partial charge in [0.05, 0.1) is 26.4 Å². The van der Waals surface area contributed by atoms with E-state index in [9.17, 15) is 14.0 Å². The zero-order valence-electron chi connectivity index (χ0n) is 15.6. The number of rotatable bonds is 9. The lowest BCUT2D eigenvalue weighted by atomic mass is 10.1. The van der Waals surface area contributed by atoms with Crippen LogP contribution in [0.2, 0.25) is 0 Å². The molecule has 0 bridgehead atoms. The molecule has 2 rings (SSSR count). The first-order chi connectivity index (χ1) is 13.5. The Morgan fingerprint density at radius 2 is 1.89 bits per heavy atom. The van der Waals surface area contributed by atoms with Crippen molar-refractivity contribution in [3.8, 4) is 11.5 Å². The van der Waals surface area contributed by atoms with Gasteiger partial charge in [-0.3, -0.25) is 4.79 Å². The minimum atomic E-state index is -0.473. The fourth-order valence-corrected chi connectivity index (χ4v) is 2.23. The molecule has 1 N–H and O–H groups in total. The summed E-state index contributed by atoms with van der Waals surface area (Å²) in [5.74, 6) is -0.368. The maximum Gasteiger partial charge on any atom is 0.344 e. The summed E-state index contributed by atoms with van der Waals surface area (Å²) in [6.45, 7) is 1.77. The highest BCUT2D eigenvalue weighted by Crippen LogP contribution is 2.27. The molecule has 0 spiro atoms. The standard InChI is InChI=1S/C20H21FN2O5/c1-3-27-20(25)13-28-17-9-6-15(10-18(17)26-2)12-22-23-19(24)11-14-4-7-16(21)8-5-14/h4-10,12H,3,11,13H2,1-2H3,(H,23,24)/b22-12+. The summed E-state index contributed by atoms with van der Waals surface area (Å²) in [5.41, 5.74) is 3.74. The van der Waals surface area contributed by atoms with E-state index in [1.54, 1.807) is 37.3 Å². The number of amides is 1. The zero-order valence-corrected chi connectivity index (χ0v) is 15.6. The summed E-state index contributed by atoms with van der Waals surface area (Å²) >= 11 is 0. The third kappa shape index (κ3) is 6.71. The van der Waals surface area contributed by atoms with E-state index in [0.717, 1.165) is 0 Å². The number of hydrogen-bond acceptors (Lipinski definition) is 6. The second-order valence-electron chi connectivity index (χ2n) is 5.60.